The molecule has 1 nitrogen and oxygen atoms in total. The average molecular weight is 253 g/mol. The molecule has 1 unspecified atom stereocenters. The van der Waals surface area contributed by atoms with Crippen LogP contribution in [-0.2, 0) is 0 Å². The van der Waals surface area contributed by atoms with Crippen LogP contribution < -0.4 is 0 Å². The van der Waals surface area contributed by atoms with Gasteiger partial charge >= 0.3 is 0 Å². The maximum atomic E-state index is 11.8. The van der Waals surface area contributed by atoms with Crippen molar-refractivity contribution in [3.05, 3.63) is 47.0 Å². The Balaban J connectivity index is 2.78. The van der Waals surface area contributed by atoms with Crippen LogP contribution in [0.4, 0.5) is 0 Å². The zero-order chi connectivity index (χ0) is 10.6. The van der Waals surface area contributed by atoms with E-state index in [9.17, 15) is 4.79 Å². The van der Waals surface area contributed by atoms with E-state index in [1.54, 1.807) is 6.08 Å². The van der Waals surface area contributed by atoms with Crippen LogP contribution in [0.3, 0.4) is 0 Å². The number of ketones is 1. The third-order valence-electron chi connectivity index (χ3n) is 2.10. The number of rotatable bonds is 4. The molecule has 0 aromatic heterocycles. The van der Waals surface area contributed by atoms with Crippen molar-refractivity contribution in [2.45, 2.75) is 13.3 Å². The molecule has 0 heterocycles. The Morgan fingerprint density at radius 3 is 2.57 bits per heavy atom. The van der Waals surface area contributed by atoms with Crippen molar-refractivity contribution in [3.63, 3.8) is 0 Å². The summed E-state index contributed by atoms with van der Waals surface area (Å²) in [5.74, 6) is 0.200. The van der Waals surface area contributed by atoms with Crippen molar-refractivity contribution in [2.75, 3.05) is 0 Å². The van der Waals surface area contributed by atoms with Gasteiger partial charge < -0.3 is 0 Å². The molecule has 0 saturated heterocycles. The molecular formula is C12H13BrO. The first-order valence-corrected chi connectivity index (χ1v) is 5.35. The van der Waals surface area contributed by atoms with Crippen molar-refractivity contribution in [1.82, 2.24) is 0 Å². The lowest BCUT2D eigenvalue weighted by Crippen LogP contribution is -2.10. The lowest BCUT2D eigenvalue weighted by atomic mass is 9.97. The van der Waals surface area contributed by atoms with E-state index in [0.717, 1.165) is 16.5 Å². The highest BCUT2D eigenvalue weighted by molar-refractivity contribution is 9.10. The highest BCUT2D eigenvalue weighted by Crippen LogP contribution is 2.15. The first-order valence-electron chi connectivity index (χ1n) is 4.56. The summed E-state index contributed by atoms with van der Waals surface area (Å²) in [6.45, 7) is 5.55. The number of carbonyl (C=O) groups is 1. The summed E-state index contributed by atoms with van der Waals surface area (Å²) >= 11 is 3.33. The maximum Gasteiger partial charge on any atom is 0.165 e. The Kier molecular flexibility index (Phi) is 4.08. The van der Waals surface area contributed by atoms with Crippen LogP contribution >= 0.6 is 15.9 Å². The van der Waals surface area contributed by atoms with Gasteiger partial charge in [-0.05, 0) is 18.6 Å². The Bertz CT molecular complexity index is 327. The van der Waals surface area contributed by atoms with Crippen LogP contribution in [0.5, 0.6) is 0 Å². The van der Waals surface area contributed by atoms with E-state index in [1.165, 1.54) is 0 Å². The SMILES string of the molecule is C=CCC(C)C(=O)c1ccc(Br)cc1. The molecule has 0 spiro atoms. The van der Waals surface area contributed by atoms with E-state index in [1.807, 2.05) is 31.2 Å². The van der Waals surface area contributed by atoms with Crippen LogP contribution in [0.15, 0.2) is 41.4 Å². The van der Waals surface area contributed by atoms with Crippen LogP contribution in [0.1, 0.15) is 23.7 Å². The fourth-order valence-electron chi connectivity index (χ4n) is 1.26. The number of carbonyl (C=O) groups excluding carboxylic acids is 1. The molecule has 0 bridgehead atoms. The van der Waals surface area contributed by atoms with Crippen molar-refractivity contribution in [3.8, 4) is 0 Å². The largest absolute Gasteiger partial charge is 0.294 e. The van der Waals surface area contributed by atoms with Gasteiger partial charge in [0.2, 0.25) is 0 Å². The quantitative estimate of drug-likeness (QED) is 0.588. The molecule has 2 heteroatoms. The highest BCUT2D eigenvalue weighted by atomic mass is 79.9. The third kappa shape index (κ3) is 2.81. The standard InChI is InChI=1S/C12H13BrO/c1-3-4-9(2)12(14)10-5-7-11(13)8-6-10/h3,5-9H,1,4H2,2H3. The zero-order valence-corrected chi connectivity index (χ0v) is 9.75. The molecule has 0 saturated carbocycles. The molecule has 0 N–H and O–H groups in total. The number of Topliss-reactive ketones (excluding diaryl/α,β-unsaturated/α-hetero) is 1. The summed E-state index contributed by atoms with van der Waals surface area (Å²) in [6.07, 6.45) is 2.51. The number of allylic oxidation sites excluding steroid dienone is 1. The van der Waals surface area contributed by atoms with Crippen LogP contribution in [0.2, 0.25) is 0 Å². The minimum absolute atomic E-state index is 0.0219. The smallest absolute Gasteiger partial charge is 0.165 e. The van der Waals surface area contributed by atoms with Gasteiger partial charge in [0.05, 0.1) is 0 Å². The number of hydrogen-bond donors (Lipinski definition) is 0. The van der Waals surface area contributed by atoms with Gasteiger partial charge in [0.15, 0.2) is 5.78 Å². The molecule has 1 aromatic rings. The Morgan fingerprint density at radius 1 is 1.50 bits per heavy atom. The van der Waals surface area contributed by atoms with Crippen LogP contribution in [0.25, 0.3) is 0 Å². The summed E-state index contributed by atoms with van der Waals surface area (Å²) in [4.78, 5) is 11.8. The number of benzene rings is 1. The van der Waals surface area contributed by atoms with Gasteiger partial charge in [-0.1, -0.05) is 41.1 Å². The summed E-state index contributed by atoms with van der Waals surface area (Å²) in [6, 6.07) is 7.44. The molecule has 0 aliphatic heterocycles. The minimum atomic E-state index is 0.0219. The van der Waals surface area contributed by atoms with E-state index < -0.39 is 0 Å². The summed E-state index contributed by atoms with van der Waals surface area (Å²) in [5, 5.41) is 0. The molecule has 1 rings (SSSR count). The summed E-state index contributed by atoms with van der Waals surface area (Å²) < 4.78 is 0.991. The second kappa shape index (κ2) is 5.11. The van der Waals surface area contributed by atoms with Gasteiger partial charge in [-0.15, -0.1) is 6.58 Å². The van der Waals surface area contributed by atoms with E-state index in [2.05, 4.69) is 22.5 Å². The van der Waals surface area contributed by atoms with E-state index in [0.29, 0.717) is 0 Å². The molecule has 0 aliphatic rings. The normalized spacial score (nSPS) is 12.1. The van der Waals surface area contributed by atoms with Crippen LogP contribution in [-0.4, -0.2) is 5.78 Å². The van der Waals surface area contributed by atoms with Gasteiger partial charge in [0.1, 0.15) is 0 Å². The highest BCUT2D eigenvalue weighted by Gasteiger charge is 2.12. The molecule has 74 valence electrons. The van der Waals surface area contributed by atoms with Gasteiger partial charge in [-0.25, -0.2) is 0 Å². The predicted octanol–water partition coefficient (Wildman–Crippen LogP) is 3.84. The monoisotopic (exact) mass is 252 g/mol. The van der Waals surface area contributed by atoms with E-state index >= 15 is 0 Å². The van der Waals surface area contributed by atoms with Crippen molar-refractivity contribution >= 4 is 21.7 Å². The third-order valence-corrected chi connectivity index (χ3v) is 2.63. The Hall–Kier alpha value is -0.890. The number of halogens is 1. The first-order chi connectivity index (χ1) is 6.65. The molecule has 0 aliphatic carbocycles. The zero-order valence-electron chi connectivity index (χ0n) is 8.16. The van der Waals surface area contributed by atoms with E-state index in [-0.39, 0.29) is 11.7 Å². The molecule has 0 fully saturated rings. The van der Waals surface area contributed by atoms with E-state index in [4.69, 9.17) is 0 Å². The molecule has 0 amide bonds. The fraction of sp³-hybridized carbons (Fsp3) is 0.250. The lowest BCUT2D eigenvalue weighted by molar-refractivity contribution is 0.0931. The second-order valence-electron chi connectivity index (χ2n) is 3.30. The molecule has 1 aromatic carbocycles. The first kappa shape index (κ1) is 11.2. The maximum absolute atomic E-state index is 11.8. The molecule has 0 radical (unpaired) electrons. The summed E-state index contributed by atoms with van der Waals surface area (Å²) in [5.41, 5.74) is 0.766. The van der Waals surface area contributed by atoms with Crippen molar-refractivity contribution in [2.24, 2.45) is 5.92 Å². The van der Waals surface area contributed by atoms with Gasteiger partial charge in [0, 0.05) is 16.0 Å². The second-order valence-corrected chi connectivity index (χ2v) is 4.21. The molecule has 1 atom stereocenters. The Morgan fingerprint density at radius 2 is 2.07 bits per heavy atom. The predicted molar refractivity (Wildman–Crippen MR) is 62.5 cm³/mol. The van der Waals surface area contributed by atoms with Crippen molar-refractivity contribution < 1.29 is 4.79 Å². The molecular weight excluding hydrogens is 240 g/mol. The van der Waals surface area contributed by atoms with Gasteiger partial charge in [-0.3, -0.25) is 4.79 Å². The van der Waals surface area contributed by atoms with Gasteiger partial charge in [0.25, 0.3) is 0 Å². The fourth-order valence-corrected chi connectivity index (χ4v) is 1.52. The van der Waals surface area contributed by atoms with Crippen molar-refractivity contribution in [1.29, 1.82) is 0 Å². The van der Waals surface area contributed by atoms with Gasteiger partial charge in [-0.2, -0.15) is 0 Å². The van der Waals surface area contributed by atoms with Crippen LogP contribution in [0, 0.1) is 5.92 Å². The summed E-state index contributed by atoms with van der Waals surface area (Å²) in [7, 11) is 0. The molecule has 14 heavy (non-hydrogen) atoms. The lowest BCUT2D eigenvalue weighted by Gasteiger charge is -2.07. The topological polar surface area (TPSA) is 17.1 Å². The minimum Gasteiger partial charge on any atom is -0.294 e. The number of hydrogen-bond acceptors (Lipinski definition) is 1. The Labute approximate surface area is 93.0 Å². The average Bonchev–Trinajstić information content (AvgIpc) is 2.18.